The summed E-state index contributed by atoms with van der Waals surface area (Å²) in [7, 11) is 0. The van der Waals surface area contributed by atoms with E-state index in [9.17, 15) is 4.39 Å². The van der Waals surface area contributed by atoms with Gasteiger partial charge < -0.3 is 10.5 Å². The molecule has 1 aromatic rings. The maximum atomic E-state index is 12.9. The van der Waals surface area contributed by atoms with E-state index in [4.69, 9.17) is 10.5 Å². The van der Waals surface area contributed by atoms with Gasteiger partial charge in [0.2, 0.25) is 5.88 Å². The second-order valence-corrected chi connectivity index (χ2v) is 3.96. The summed E-state index contributed by atoms with van der Waals surface area (Å²) in [6.07, 6.45) is 1.53. The van der Waals surface area contributed by atoms with Gasteiger partial charge in [-0.3, -0.25) is 4.90 Å². The van der Waals surface area contributed by atoms with Crippen molar-refractivity contribution in [3.05, 3.63) is 18.3 Å². The Labute approximate surface area is 94.2 Å². The number of hydrogen-bond donors (Lipinski definition) is 1. The highest BCUT2D eigenvalue weighted by molar-refractivity contribution is 5.35. The minimum absolute atomic E-state index is 0.526. The molecule has 1 saturated heterocycles. The first-order valence-corrected chi connectivity index (χ1v) is 5.45. The van der Waals surface area contributed by atoms with Crippen molar-refractivity contribution in [3.8, 4) is 5.88 Å². The van der Waals surface area contributed by atoms with E-state index in [0.717, 1.165) is 13.1 Å². The maximum absolute atomic E-state index is 12.9. The lowest BCUT2D eigenvalue weighted by molar-refractivity contribution is 0.220. The first kappa shape index (κ1) is 11.1. The SMILES string of the molecule is Nc1ccc(OCCN2CC[C@H](F)C2)nc1. The van der Waals surface area contributed by atoms with Gasteiger partial charge in [0.25, 0.3) is 0 Å². The Balaban J connectivity index is 1.70. The third-order valence-corrected chi connectivity index (χ3v) is 2.63. The van der Waals surface area contributed by atoms with Gasteiger partial charge in [-0.05, 0) is 12.5 Å². The van der Waals surface area contributed by atoms with Crippen molar-refractivity contribution in [1.82, 2.24) is 9.88 Å². The number of rotatable bonds is 4. The number of nitrogen functional groups attached to an aromatic ring is 1. The van der Waals surface area contributed by atoms with Crippen molar-refractivity contribution in [2.24, 2.45) is 0 Å². The Kier molecular flexibility index (Phi) is 3.56. The monoisotopic (exact) mass is 225 g/mol. The van der Waals surface area contributed by atoms with Crippen LogP contribution in [-0.4, -0.2) is 42.3 Å². The normalized spacial score (nSPS) is 21.2. The van der Waals surface area contributed by atoms with Gasteiger partial charge in [0.15, 0.2) is 0 Å². The predicted molar refractivity (Wildman–Crippen MR) is 60.1 cm³/mol. The first-order valence-electron chi connectivity index (χ1n) is 5.45. The van der Waals surface area contributed by atoms with E-state index in [-0.39, 0.29) is 0 Å². The van der Waals surface area contributed by atoms with Gasteiger partial charge in [-0.2, -0.15) is 0 Å². The van der Waals surface area contributed by atoms with Gasteiger partial charge in [0.05, 0.1) is 11.9 Å². The van der Waals surface area contributed by atoms with Crippen LogP contribution in [0.15, 0.2) is 18.3 Å². The van der Waals surface area contributed by atoms with E-state index >= 15 is 0 Å². The zero-order valence-corrected chi connectivity index (χ0v) is 9.10. The highest BCUT2D eigenvalue weighted by Gasteiger charge is 2.20. The molecule has 88 valence electrons. The summed E-state index contributed by atoms with van der Waals surface area (Å²) in [4.78, 5) is 6.08. The average Bonchev–Trinajstić information content (AvgIpc) is 2.67. The van der Waals surface area contributed by atoms with Crippen LogP contribution in [0.3, 0.4) is 0 Å². The molecular formula is C11H16FN3O. The number of aromatic nitrogens is 1. The van der Waals surface area contributed by atoms with Gasteiger partial charge in [-0.15, -0.1) is 0 Å². The van der Waals surface area contributed by atoms with Crippen LogP contribution in [0.25, 0.3) is 0 Å². The Hall–Kier alpha value is -1.36. The van der Waals surface area contributed by atoms with Crippen LogP contribution >= 0.6 is 0 Å². The fourth-order valence-corrected chi connectivity index (χ4v) is 1.74. The number of ether oxygens (including phenoxy) is 1. The standard InChI is InChI=1S/C11H16FN3O/c12-9-3-4-15(8-9)5-6-16-11-2-1-10(13)7-14-11/h1-2,7,9H,3-6,8,13H2/t9-/m0/s1. The zero-order valence-electron chi connectivity index (χ0n) is 9.10. The molecule has 0 aromatic carbocycles. The van der Waals surface area contributed by atoms with Crippen LogP contribution in [0.4, 0.5) is 10.1 Å². The molecule has 0 saturated carbocycles. The lowest BCUT2D eigenvalue weighted by Crippen LogP contribution is -2.26. The van der Waals surface area contributed by atoms with E-state index in [2.05, 4.69) is 9.88 Å². The summed E-state index contributed by atoms with van der Waals surface area (Å²) in [5.74, 6) is 0.560. The van der Waals surface area contributed by atoms with Crippen molar-refractivity contribution < 1.29 is 9.13 Å². The number of nitrogens with two attached hydrogens (primary N) is 1. The summed E-state index contributed by atoms with van der Waals surface area (Å²) in [5.41, 5.74) is 6.12. The third-order valence-electron chi connectivity index (χ3n) is 2.63. The Morgan fingerprint density at radius 3 is 3.06 bits per heavy atom. The maximum Gasteiger partial charge on any atom is 0.213 e. The van der Waals surface area contributed by atoms with Crippen molar-refractivity contribution in [2.75, 3.05) is 32.0 Å². The largest absolute Gasteiger partial charge is 0.476 e. The van der Waals surface area contributed by atoms with Gasteiger partial charge in [-0.25, -0.2) is 9.37 Å². The molecule has 1 aromatic heterocycles. The predicted octanol–water partition coefficient (Wildman–Crippen LogP) is 1.09. The summed E-state index contributed by atoms with van der Waals surface area (Å²) >= 11 is 0. The molecule has 5 heteroatoms. The molecule has 4 nitrogen and oxygen atoms in total. The minimum Gasteiger partial charge on any atom is -0.476 e. The molecule has 0 unspecified atom stereocenters. The molecular weight excluding hydrogens is 209 g/mol. The molecule has 1 fully saturated rings. The van der Waals surface area contributed by atoms with Crippen molar-refractivity contribution >= 4 is 5.69 Å². The lowest BCUT2D eigenvalue weighted by Gasteiger charge is -2.14. The Morgan fingerprint density at radius 2 is 2.44 bits per heavy atom. The average molecular weight is 225 g/mol. The van der Waals surface area contributed by atoms with E-state index in [1.165, 1.54) is 0 Å². The molecule has 0 aliphatic carbocycles. The number of pyridine rings is 1. The summed E-state index contributed by atoms with van der Waals surface area (Å²) in [5, 5.41) is 0. The second kappa shape index (κ2) is 5.12. The van der Waals surface area contributed by atoms with Crippen molar-refractivity contribution in [3.63, 3.8) is 0 Å². The second-order valence-electron chi connectivity index (χ2n) is 3.96. The van der Waals surface area contributed by atoms with Crippen LogP contribution < -0.4 is 10.5 Å². The van der Waals surface area contributed by atoms with Gasteiger partial charge in [0.1, 0.15) is 12.8 Å². The first-order chi connectivity index (χ1) is 7.74. The van der Waals surface area contributed by atoms with Gasteiger partial charge in [-0.1, -0.05) is 0 Å². The Morgan fingerprint density at radius 1 is 1.56 bits per heavy atom. The molecule has 2 rings (SSSR count). The van der Waals surface area contributed by atoms with Crippen LogP contribution in [0.1, 0.15) is 6.42 Å². The number of alkyl halides is 1. The summed E-state index contributed by atoms with van der Waals surface area (Å²) in [6, 6.07) is 3.48. The van der Waals surface area contributed by atoms with E-state index < -0.39 is 6.17 Å². The molecule has 2 heterocycles. The molecule has 0 bridgehead atoms. The minimum atomic E-state index is -0.672. The van der Waals surface area contributed by atoms with Crippen LogP contribution in [0.2, 0.25) is 0 Å². The highest BCUT2D eigenvalue weighted by atomic mass is 19.1. The molecule has 16 heavy (non-hydrogen) atoms. The van der Waals surface area contributed by atoms with Crippen LogP contribution in [-0.2, 0) is 0 Å². The molecule has 0 amide bonds. The van der Waals surface area contributed by atoms with Crippen molar-refractivity contribution in [1.29, 1.82) is 0 Å². The van der Waals surface area contributed by atoms with Gasteiger partial charge in [0, 0.05) is 25.7 Å². The zero-order chi connectivity index (χ0) is 11.4. The van der Waals surface area contributed by atoms with Gasteiger partial charge >= 0.3 is 0 Å². The smallest absolute Gasteiger partial charge is 0.213 e. The Bertz CT molecular complexity index is 331. The highest BCUT2D eigenvalue weighted by Crippen LogP contribution is 2.12. The number of anilines is 1. The van der Waals surface area contributed by atoms with Crippen LogP contribution in [0, 0.1) is 0 Å². The van der Waals surface area contributed by atoms with E-state index in [0.29, 0.717) is 31.1 Å². The topological polar surface area (TPSA) is 51.4 Å². The summed E-state index contributed by atoms with van der Waals surface area (Å²) < 4.78 is 18.3. The molecule has 0 radical (unpaired) electrons. The van der Waals surface area contributed by atoms with E-state index in [1.807, 2.05) is 0 Å². The number of halogens is 1. The quantitative estimate of drug-likeness (QED) is 0.833. The lowest BCUT2D eigenvalue weighted by atomic mass is 10.3. The van der Waals surface area contributed by atoms with Crippen LogP contribution in [0.5, 0.6) is 5.88 Å². The summed E-state index contributed by atoms with van der Waals surface area (Å²) in [6.45, 7) is 2.62. The number of nitrogens with zero attached hydrogens (tertiary/aromatic N) is 2. The molecule has 1 atom stereocenters. The fraction of sp³-hybridized carbons (Fsp3) is 0.545. The third kappa shape index (κ3) is 3.06. The molecule has 1 aliphatic heterocycles. The van der Waals surface area contributed by atoms with E-state index in [1.54, 1.807) is 18.3 Å². The fourth-order valence-electron chi connectivity index (χ4n) is 1.74. The number of hydrogen-bond acceptors (Lipinski definition) is 4. The molecule has 2 N–H and O–H groups in total. The number of likely N-dealkylation sites (tertiary alicyclic amines) is 1. The molecule has 1 aliphatic rings. The van der Waals surface area contributed by atoms with Crippen molar-refractivity contribution in [2.45, 2.75) is 12.6 Å². The molecule has 0 spiro atoms.